The number of rotatable bonds is 5. The Morgan fingerprint density at radius 3 is 2.83 bits per heavy atom. The Hall–Kier alpha value is -1.67. The summed E-state index contributed by atoms with van der Waals surface area (Å²) in [5.74, 6) is 0.441. The second-order valence-corrected chi connectivity index (χ2v) is 8.91. The smallest absolute Gasteiger partial charge is 0.233 e. The van der Waals surface area contributed by atoms with Gasteiger partial charge in [0.05, 0.1) is 22.8 Å². The number of carbonyl (C=O) groups is 1. The van der Waals surface area contributed by atoms with Crippen LogP contribution in [0.3, 0.4) is 0 Å². The molecular weight excluding hydrogens is 346 g/mol. The lowest BCUT2D eigenvalue weighted by Gasteiger charge is -2.26. The molecular formula is C16H19N3O3S2. The van der Waals surface area contributed by atoms with Crippen molar-refractivity contribution in [3.8, 4) is 0 Å². The third-order valence-corrected chi connectivity index (χ3v) is 6.89. The van der Waals surface area contributed by atoms with Gasteiger partial charge < -0.3 is 4.90 Å². The predicted octanol–water partition coefficient (Wildman–Crippen LogP) is 1.76. The molecule has 1 aromatic heterocycles. The molecule has 1 saturated heterocycles. The van der Waals surface area contributed by atoms with Gasteiger partial charge in [-0.3, -0.25) is 4.79 Å². The van der Waals surface area contributed by atoms with Gasteiger partial charge in [0.1, 0.15) is 11.4 Å². The van der Waals surface area contributed by atoms with Crippen molar-refractivity contribution in [1.29, 1.82) is 0 Å². The summed E-state index contributed by atoms with van der Waals surface area (Å²) in [7, 11) is -3.00. The molecule has 1 amide bonds. The zero-order valence-corrected chi connectivity index (χ0v) is 15.0. The van der Waals surface area contributed by atoms with Crippen LogP contribution in [0.1, 0.15) is 13.3 Å². The SMILES string of the molecule is CCN(C(=O)CSc1ncnc2ccccc12)C1CCS(=O)(=O)C1. The molecule has 0 N–H and O–H groups in total. The standard InChI is InChI=1S/C16H19N3O3S2/c1-2-19(12-7-8-24(21,22)10-12)15(20)9-23-16-13-5-3-4-6-14(13)17-11-18-16/h3-6,11-12H,2,7-10H2,1H3. The Balaban J connectivity index is 1.70. The third kappa shape index (κ3) is 3.70. The topological polar surface area (TPSA) is 80.2 Å². The molecule has 2 heterocycles. The van der Waals surface area contributed by atoms with E-state index in [4.69, 9.17) is 0 Å². The number of hydrogen-bond donors (Lipinski definition) is 0. The number of amides is 1. The van der Waals surface area contributed by atoms with Gasteiger partial charge in [0.15, 0.2) is 9.84 Å². The van der Waals surface area contributed by atoms with Crippen molar-refractivity contribution in [1.82, 2.24) is 14.9 Å². The van der Waals surface area contributed by atoms with Crippen molar-refractivity contribution >= 4 is 38.4 Å². The first-order valence-electron chi connectivity index (χ1n) is 7.82. The molecule has 128 valence electrons. The molecule has 2 aromatic rings. The highest BCUT2D eigenvalue weighted by molar-refractivity contribution is 8.00. The molecule has 0 bridgehead atoms. The van der Waals surface area contributed by atoms with Gasteiger partial charge in [-0.1, -0.05) is 30.0 Å². The summed E-state index contributed by atoms with van der Waals surface area (Å²) in [4.78, 5) is 22.7. The summed E-state index contributed by atoms with van der Waals surface area (Å²) in [5, 5.41) is 1.69. The first kappa shape index (κ1) is 17.2. The van der Waals surface area contributed by atoms with Crippen LogP contribution in [0.5, 0.6) is 0 Å². The van der Waals surface area contributed by atoms with Crippen LogP contribution < -0.4 is 0 Å². The summed E-state index contributed by atoms with van der Waals surface area (Å²) >= 11 is 1.37. The Morgan fingerprint density at radius 2 is 2.12 bits per heavy atom. The minimum Gasteiger partial charge on any atom is -0.338 e. The molecule has 1 atom stereocenters. The molecule has 1 aromatic carbocycles. The second kappa shape index (κ2) is 7.06. The molecule has 3 rings (SSSR count). The Labute approximate surface area is 145 Å². The number of para-hydroxylation sites is 1. The van der Waals surface area contributed by atoms with E-state index in [2.05, 4.69) is 9.97 Å². The van der Waals surface area contributed by atoms with Crippen molar-refractivity contribution < 1.29 is 13.2 Å². The fraction of sp³-hybridized carbons (Fsp3) is 0.438. The van der Waals surface area contributed by atoms with Gasteiger partial charge in [-0.15, -0.1) is 0 Å². The third-order valence-electron chi connectivity index (χ3n) is 4.15. The van der Waals surface area contributed by atoms with Gasteiger partial charge in [0, 0.05) is 18.0 Å². The Kier molecular flexibility index (Phi) is 5.05. The van der Waals surface area contributed by atoms with Gasteiger partial charge in [-0.25, -0.2) is 18.4 Å². The second-order valence-electron chi connectivity index (χ2n) is 5.72. The molecule has 8 heteroatoms. The highest BCUT2D eigenvalue weighted by Gasteiger charge is 2.33. The van der Waals surface area contributed by atoms with E-state index in [0.29, 0.717) is 13.0 Å². The van der Waals surface area contributed by atoms with Crippen molar-refractivity contribution in [2.24, 2.45) is 0 Å². The van der Waals surface area contributed by atoms with Crippen LogP contribution in [-0.2, 0) is 14.6 Å². The number of fused-ring (bicyclic) bond motifs is 1. The molecule has 0 radical (unpaired) electrons. The van der Waals surface area contributed by atoms with Gasteiger partial charge in [-0.05, 0) is 19.4 Å². The molecule has 1 aliphatic rings. The number of benzene rings is 1. The van der Waals surface area contributed by atoms with Gasteiger partial charge >= 0.3 is 0 Å². The van der Waals surface area contributed by atoms with Crippen LogP contribution in [0.2, 0.25) is 0 Å². The van der Waals surface area contributed by atoms with Crippen LogP contribution in [0.25, 0.3) is 10.9 Å². The summed E-state index contributed by atoms with van der Waals surface area (Å²) in [6.07, 6.45) is 2.03. The molecule has 1 unspecified atom stereocenters. The van der Waals surface area contributed by atoms with Gasteiger partial charge in [0.2, 0.25) is 5.91 Å². The highest BCUT2D eigenvalue weighted by atomic mass is 32.2. The number of aromatic nitrogens is 2. The monoisotopic (exact) mass is 365 g/mol. The number of nitrogens with zero attached hydrogens (tertiary/aromatic N) is 3. The van der Waals surface area contributed by atoms with E-state index >= 15 is 0 Å². The van der Waals surface area contributed by atoms with Gasteiger partial charge in [-0.2, -0.15) is 0 Å². The average Bonchev–Trinajstić information content (AvgIpc) is 2.93. The lowest BCUT2D eigenvalue weighted by atomic mass is 10.2. The van der Waals surface area contributed by atoms with Crippen LogP contribution in [0, 0.1) is 0 Å². The van der Waals surface area contributed by atoms with Crippen LogP contribution in [0.15, 0.2) is 35.6 Å². The Bertz CT molecular complexity index is 849. The maximum Gasteiger partial charge on any atom is 0.233 e. The lowest BCUT2D eigenvalue weighted by molar-refractivity contribution is -0.129. The van der Waals surface area contributed by atoms with Crippen molar-refractivity contribution in [2.75, 3.05) is 23.8 Å². The average molecular weight is 365 g/mol. The maximum absolute atomic E-state index is 12.5. The first-order chi connectivity index (χ1) is 11.5. The van der Waals surface area contributed by atoms with Crippen molar-refractivity contribution in [3.63, 3.8) is 0 Å². The minimum absolute atomic E-state index is 0.0488. The summed E-state index contributed by atoms with van der Waals surface area (Å²) in [6, 6.07) is 7.47. The molecule has 1 aliphatic heterocycles. The fourth-order valence-corrected chi connectivity index (χ4v) is 5.57. The van der Waals surface area contributed by atoms with E-state index in [1.165, 1.54) is 18.1 Å². The molecule has 0 saturated carbocycles. The maximum atomic E-state index is 12.5. The molecule has 1 fully saturated rings. The minimum atomic E-state index is -3.00. The molecule has 0 aliphatic carbocycles. The van der Waals surface area contributed by atoms with Crippen LogP contribution in [0.4, 0.5) is 0 Å². The lowest BCUT2D eigenvalue weighted by Crippen LogP contribution is -2.41. The molecule has 6 nitrogen and oxygen atoms in total. The van der Waals surface area contributed by atoms with E-state index in [-0.39, 0.29) is 29.2 Å². The summed E-state index contributed by atoms with van der Waals surface area (Å²) < 4.78 is 23.3. The van der Waals surface area contributed by atoms with Crippen LogP contribution in [-0.4, -0.2) is 59.0 Å². The number of carbonyl (C=O) groups excluding carboxylic acids is 1. The largest absolute Gasteiger partial charge is 0.338 e. The molecule has 24 heavy (non-hydrogen) atoms. The predicted molar refractivity (Wildman–Crippen MR) is 94.7 cm³/mol. The van der Waals surface area contributed by atoms with E-state index < -0.39 is 9.84 Å². The number of hydrogen-bond acceptors (Lipinski definition) is 6. The zero-order chi connectivity index (χ0) is 17.2. The number of sulfone groups is 1. The van der Waals surface area contributed by atoms with E-state index in [1.807, 2.05) is 31.2 Å². The van der Waals surface area contributed by atoms with Gasteiger partial charge in [0.25, 0.3) is 0 Å². The number of thioether (sulfide) groups is 1. The van der Waals surface area contributed by atoms with E-state index in [0.717, 1.165) is 15.9 Å². The zero-order valence-electron chi connectivity index (χ0n) is 13.4. The Morgan fingerprint density at radius 1 is 1.33 bits per heavy atom. The van der Waals surface area contributed by atoms with Crippen molar-refractivity contribution in [3.05, 3.63) is 30.6 Å². The summed E-state index contributed by atoms with van der Waals surface area (Å²) in [5.41, 5.74) is 0.844. The fourth-order valence-electron chi connectivity index (χ4n) is 2.97. The molecule has 0 spiro atoms. The van der Waals surface area contributed by atoms with Crippen LogP contribution >= 0.6 is 11.8 Å². The quantitative estimate of drug-likeness (QED) is 0.593. The summed E-state index contributed by atoms with van der Waals surface area (Å²) in [6.45, 7) is 2.40. The van der Waals surface area contributed by atoms with E-state index in [9.17, 15) is 13.2 Å². The highest BCUT2D eigenvalue weighted by Crippen LogP contribution is 2.25. The van der Waals surface area contributed by atoms with E-state index in [1.54, 1.807) is 4.90 Å². The normalized spacial score (nSPS) is 19.5. The van der Waals surface area contributed by atoms with Crippen molar-refractivity contribution in [2.45, 2.75) is 24.4 Å². The first-order valence-corrected chi connectivity index (χ1v) is 10.6.